The van der Waals surface area contributed by atoms with Crippen LogP contribution in [0.3, 0.4) is 0 Å². The number of aliphatic hydroxyl groups is 10. The maximum absolute atomic E-state index is 9.63. The summed E-state index contributed by atoms with van der Waals surface area (Å²) in [6.07, 6.45) is -24.4. The van der Waals surface area contributed by atoms with Gasteiger partial charge in [0.2, 0.25) is 0 Å². The van der Waals surface area contributed by atoms with Crippen molar-refractivity contribution < 1.29 is 305 Å². The molecule has 0 saturated carbocycles. The van der Waals surface area contributed by atoms with Crippen LogP contribution in [0.4, 0.5) is 0 Å². The fourth-order valence-corrected chi connectivity index (χ4v) is 1.29. The number of carboxylic acid groups (broad SMARTS) is 10. The molecule has 54 heavy (non-hydrogen) atoms. The molecule has 0 aromatic carbocycles. The first-order valence-corrected chi connectivity index (χ1v) is 11.2. The minimum atomic E-state index is -2.44. The summed E-state index contributed by atoms with van der Waals surface area (Å²) >= 11 is 0. The largest absolute Gasteiger partial charge is 4.00 e. The van der Waals surface area contributed by atoms with Crippen LogP contribution in [0.1, 0.15) is 0 Å². The van der Waals surface area contributed by atoms with Crippen LogP contribution in [-0.2, 0) is 100 Å². The quantitative estimate of drug-likeness (QED) is 0.0681. The molecule has 0 aromatic rings. The van der Waals surface area contributed by atoms with E-state index in [1.807, 2.05) is 0 Å². The molecule has 290 valence electrons. The molecule has 10 atom stereocenters. The first-order chi connectivity index (χ1) is 22.3. The third kappa shape index (κ3) is 36.9. The van der Waals surface area contributed by atoms with E-state index < -0.39 is 121 Å². The molecule has 0 heterocycles. The summed E-state index contributed by atoms with van der Waals surface area (Å²) in [7, 11) is 0. The first-order valence-electron chi connectivity index (χ1n) is 11.2. The fraction of sp³-hybridized carbons (Fsp3) is 0.500. The van der Waals surface area contributed by atoms with Crippen molar-refractivity contribution in [3.8, 4) is 0 Å². The summed E-state index contributed by atoms with van der Waals surface area (Å²) in [5.74, 6) is -20.6. The number of aliphatic carboxylic acids is 10. The molecule has 0 fully saturated rings. The van der Waals surface area contributed by atoms with E-state index in [0.717, 1.165) is 0 Å². The van der Waals surface area contributed by atoms with Gasteiger partial charge >= 0.3 is 155 Å². The predicted molar refractivity (Wildman–Crippen MR) is 110 cm³/mol. The second-order valence-electron chi connectivity index (χ2n) is 7.64. The summed E-state index contributed by atoms with van der Waals surface area (Å²) in [4.78, 5) is 96.3. The number of carboxylic acids is 10. The second kappa shape index (κ2) is 39.2. The molecule has 0 aliphatic rings. The number of aliphatic hydroxyl groups excluding tert-OH is 10. The summed E-state index contributed by atoms with van der Waals surface area (Å²) in [5, 5.41) is 179. The summed E-state index contributed by atoms with van der Waals surface area (Å²) < 4.78 is 0. The number of rotatable bonds is 15. The number of hydrogen-bond donors (Lipinski definition) is 10. The molecule has 0 saturated heterocycles. The van der Waals surface area contributed by atoms with E-state index in [4.69, 9.17) is 51.1 Å². The molecule has 0 amide bonds. The van der Waals surface area contributed by atoms with Crippen molar-refractivity contribution >= 4 is 59.7 Å². The van der Waals surface area contributed by atoms with Gasteiger partial charge in [-0.1, -0.05) is 0 Å². The van der Waals surface area contributed by atoms with Crippen LogP contribution < -0.4 is 154 Å². The van der Waals surface area contributed by atoms with Gasteiger partial charge in [0.25, 0.3) is 0 Å². The Kier molecular flexibility index (Phi) is 53.9. The van der Waals surface area contributed by atoms with Gasteiger partial charge in [0.05, 0.1) is 59.7 Å². The van der Waals surface area contributed by atoms with Crippen molar-refractivity contribution in [1.82, 2.24) is 0 Å². The Balaban J connectivity index is -0.0000000657. The van der Waals surface area contributed by atoms with Crippen molar-refractivity contribution in [2.24, 2.45) is 0 Å². The van der Waals surface area contributed by atoms with Gasteiger partial charge in [-0.05, 0) is 0 Å². The van der Waals surface area contributed by atoms with Gasteiger partial charge in [0.15, 0.2) is 0 Å². The molecule has 0 bridgehead atoms. The molecule has 34 heteroatoms. The zero-order chi connectivity index (χ0) is 41.5. The molecule has 0 rings (SSSR count). The van der Waals surface area contributed by atoms with Crippen LogP contribution in [0.2, 0.25) is 0 Å². The monoisotopic (exact) mass is 998 g/mol. The summed E-state index contributed by atoms with van der Waals surface area (Å²) in [6.45, 7) is 0. The minimum absolute atomic E-state index is 0. The third-order valence-electron chi connectivity index (χ3n) is 3.91. The second-order valence-corrected chi connectivity index (χ2v) is 7.64. The van der Waals surface area contributed by atoms with Crippen LogP contribution in [0.25, 0.3) is 0 Å². The van der Waals surface area contributed by atoms with Gasteiger partial charge in [-0.2, -0.15) is 0 Å². The van der Waals surface area contributed by atoms with Crippen molar-refractivity contribution in [3.63, 3.8) is 0 Å². The molecule has 0 aromatic heterocycles. The Morgan fingerprint density at radius 1 is 0.222 bits per heavy atom. The topological polar surface area (TPSA) is 604 Å². The average Bonchev–Trinajstić information content (AvgIpc) is 3.01. The Hall–Kier alpha value is -0.661. The van der Waals surface area contributed by atoms with Gasteiger partial charge in [-0.3, -0.25) is 0 Å². The molecule has 0 aliphatic heterocycles. The summed E-state index contributed by atoms with van der Waals surface area (Å²) in [5.41, 5.74) is 0. The molecule has 0 aliphatic carbocycles. The molecular formula is C20H20K2O30Zr2. The van der Waals surface area contributed by atoms with Crippen LogP contribution in [0.15, 0.2) is 0 Å². The van der Waals surface area contributed by atoms with Crippen molar-refractivity contribution in [1.29, 1.82) is 0 Å². The zero-order valence-corrected chi connectivity index (χ0v) is 37.6. The average molecular weight is 1000 g/mol. The molecule has 0 spiro atoms. The Bertz CT molecular complexity index is 903. The van der Waals surface area contributed by atoms with Gasteiger partial charge in [-0.15, -0.1) is 0 Å². The van der Waals surface area contributed by atoms with Gasteiger partial charge in [0, 0.05) is 0 Å². The standard InChI is InChI=1S/5C4H6O6.2K.2Zr/c5*5-1(3(7)8)2(6)4(9)10;;;;/h5*1-2,5-6H,(H,7,8)(H,9,10);;;;/q;;;;;2*+1;2*+4/p-10/t1-,2-;;;;;;;;/m1......../s1. The van der Waals surface area contributed by atoms with E-state index >= 15 is 0 Å². The van der Waals surface area contributed by atoms with Gasteiger partial charge < -0.3 is 150 Å². The number of carbonyl (C=O) groups excluding carboxylic acids is 10. The first kappa shape index (κ1) is 74.3. The van der Waals surface area contributed by atoms with Crippen molar-refractivity contribution in [2.45, 2.75) is 61.0 Å². The summed E-state index contributed by atoms with van der Waals surface area (Å²) in [6, 6.07) is 0. The fourth-order valence-electron chi connectivity index (χ4n) is 1.29. The van der Waals surface area contributed by atoms with E-state index in [2.05, 4.69) is 0 Å². The molecule has 10 N–H and O–H groups in total. The SMILES string of the molecule is O=C([O-])C(O)C(O)C(=O)[O-].O=C([O-])C(O)C(O)C(=O)[O-].O=C([O-])C(O)C(O)C(=O)[O-].O=C([O-])C(O)C(O)C(=O)[O-].O=C([O-])[C@H](O)[C@@H](O)C(=O)[O-].[K+].[K+].[Zr+4].[Zr+4]. The predicted octanol–water partition coefficient (Wildman–Crippen LogP) is -30.0. The molecule has 0 radical (unpaired) electrons. The van der Waals surface area contributed by atoms with E-state index in [0.29, 0.717) is 0 Å². The normalized spacial score (nSPS) is 14.6. The third-order valence-corrected chi connectivity index (χ3v) is 3.91. The van der Waals surface area contributed by atoms with Crippen LogP contribution in [-0.4, -0.2) is 172 Å². The molecule has 8 unspecified atom stereocenters. The minimum Gasteiger partial charge on any atom is -0.547 e. The molecular weight excluding hydrogens is 981 g/mol. The number of hydrogen-bond acceptors (Lipinski definition) is 30. The van der Waals surface area contributed by atoms with Gasteiger partial charge in [0.1, 0.15) is 61.0 Å². The Morgan fingerprint density at radius 3 is 0.278 bits per heavy atom. The van der Waals surface area contributed by atoms with Crippen LogP contribution in [0.5, 0.6) is 0 Å². The Labute approximate surface area is 420 Å². The van der Waals surface area contributed by atoms with Crippen LogP contribution >= 0.6 is 0 Å². The van der Waals surface area contributed by atoms with E-state index in [-0.39, 0.29) is 155 Å². The van der Waals surface area contributed by atoms with Crippen LogP contribution in [0, 0.1) is 0 Å². The van der Waals surface area contributed by atoms with Crippen molar-refractivity contribution in [2.75, 3.05) is 0 Å². The smallest absolute Gasteiger partial charge is 0.547 e. The maximum Gasteiger partial charge on any atom is 4.00 e. The number of carbonyl (C=O) groups is 10. The zero-order valence-electron chi connectivity index (χ0n) is 26.4. The van der Waals surface area contributed by atoms with Crippen molar-refractivity contribution in [3.05, 3.63) is 0 Å². The van der Waals surface area contributed by atoms with Gasteiger partial charge in [-0.25, -0.2) is 0 Å². The van der Waals surface area contributed by atoms with E-state index in [9.17, 15) is 99.0 Å². The molecule has 30 nitrogen and oxygen atoms in total. The maximum atomic E-state index is 9.63. The van der Waals surface area contributed by atoms with E-state index in [1.54, 1.807) is 0 Å². The van der Waals surface area contributed by atoms with E-state index in [1.165, 1.54) is 0 Å². The Morgan fingerprint density at radius 2 is 0.259 bits per heavy atom.